The molecule has 2 N–H and O–H groups in total. The molecule has 0 saturated heterocycles. The Morgan fingerprint density at radius 1 is 1.09 bits per heavy atom. The second-order valence-corrected chi connectivity index (χ2v) is 8.02. The Labute approximate surface area is 196 Å². The van der Waals surface area contributed by atoms with Crippen molar-refractivity contribution >= 4 is 34.7 Å². The number of carbonyl (C=O) groups excluding carboxylic acids is 2. The van der Waals surface area contributed by atoms with E-state index in [1.165, 1.54) is 0 Å². The van der Waals surface area contributed by atoms with Crippen molar-refractivity contribution in [3.63, 3.8) is 0 Å². The van der Waals surface area contributed by atoms with Crippen LogP contribution in [-0.4, -0.2) is 27.7 Å². The minimum Gasteiger partial charge on any atom is -0.487 e. The van der Waals surface area contributed by atoms with Crippen molar-refractivity contribution in [2.75, 3.05) is 11.9 Å². The number of fused-ring (bicyclic) bond motifs is 1. The Kier molecular flexibility index (Phi) is 6.60. The molecule has 0 aliphatic rings. The van der Waals surface area contributed by atoms with Gasteiger partial charge >= 0.3 is 0 Å². The van der Waals surface area contributed by atoms with Crippen molar-refractivity contribution in [3.05, 3.63) is 94.4 Å². The maximum absolute atomic E-state index is 12.5. The largest absolute Gasteiger partial charge is 0.487 e. The van der Waals surface area contributed by atoms with E-state index < -0.39 is 0 Å². The van der Waals surface area contributed by atoms with Crippen LogP contribution in [0.1, 0.15) is 27.2 Å². The molecule has 4 rings (SSSR count). The summed E-state index contributed by atoms with van der Waals surface area (Å²) in [5, 5.41) is 5.94. The first-order valence-electron chi connectivity index (χ1n) is 10.4. The SMILES string of the molecule is Cc1c(Cl)cccc1NC(=O)CNC(=O)c1cccc(OCc2cn3cccc(C)c3n2)c1. The monoisotopic (exact) mass is 462 g/mol. The standard InChI is InChI=1S/C25H23ClN4O3/c1-16-6-5-11-30-14-19(28-24(16)30)15-33-20-8-3-7-18(12-20)25(32)27-13-23(31)29-22-10-4-9-21(26)17(22)2/h3-12,14H,13,15H2,1-2H3,(H,27,32)(H,29,31). The number of pyridine rings is 1. The van der Waals surface area contributed by atoms with Gasteiger partial charge in [0.15, 0.2) is 0 Å². The Bertz CT molecular complexity index is 1330. The van der Waals surface area contributed by atoms with Gasteiger partial charge in [0.05, 0.1) is 12.2 Å². The fraction of sp³-hybridized carbons (Fsp3) is 0.160. The van der Waals surface area contributed by atoms with Crippen LogP contribution in [0.2, 0.25) is 5.02 Å². The van der Waals surface area contributed by atoms with Crippen molar-refractivity contribution in [2.24, 2.45) is 0 Å². The molecule has 0 spiro atoms. The first-order chi connectivity index (χ1) is 15.9. The topological polar surface area (TPSA) is 84.7 Å². The summed E-state index contributed by atoms with van der Waals surface area (Å²) in [6.07, 6.45) is 3.85. The van der Waals surface area contributed by atoms with Gasteiger partial charge in [0, 0.05) is 28.7 Å². The maximum Gasteiger partial charge on any atom is 0.251 e. The highest BCUT2D eigenvalue weighted by Gasteiger charge is 2.11. The predicted octanol–water partition coefficient (Wildman–Crippen LogP) is 4.55. The molecule has 33 heavy (non-hydrogen) atoms. The molecule has 0 saturated carbocycles. The summed E-state index contributed by atoms with van der Waals surface area (Å²) in [6, 6.07) is 16.0. The molecule has 2 aromatic heterocycles. The average molecular weight is 463 g/mol. The van der Waals surface area contributed by atoms with Crippen LogP contribution in [0, 0.1) is 13.8 Å². The van der Waals surface area contributed by atoms with Crippen molar-refractivity contribution in [2.45, 2.75) is 20.5 Å². The van der Waals surface area contributed by atoms with E-state index >= 15 is 0 Å². The van der Waals surface area contributed by atoms with Crippen LogP contribution in [0.15, 0.2) is 67.0 Å². The molecule has 7 nitrogen and oxygen atoms in total. The lowest BCUT2D eigenvalue weighted by Crippen LogP contribution is -2.33. The quantitative estimate of drug-likeness (QED) is 0.422. The van der Waals surface area contributed by atoms with Gasteiger partial charge in [-0.05, 0) is 61.4 Å². The normalized spacial score (nSPS) is 10.8. The van der Waals surface area contributed by atoms with Crippen molar-refractivity contribution in [1.82, 2.24) is 14.7 Å². The van der Waals surface area contributed by atoms with Crippen molar-refractivity contribution in [1.29, 1.82) is 0 Å². The molecule has 0 unspecified atom stereocenters. The molecule has 168 valence electrons. The third-order valence-corrected chi connectivity index (χ3v) is 5.57. The Morgan fingerprint density at radius 2 is 1.91 bits per heavy atom. The number of hydrogen-bond donors (Lipinski definition) is 2. The van der Waals surface area contributed by atoms with Gasteiger partial charge in [-0.15, -0.1) is 0 Å². The number of benzene rings is 2. The van der Waals surface area contributed by atoms with Crippen LogP contribution in [0.5, 0.6) is 5.75 Å². The maximum atomic E-state index is 12.5. The van der Waals surface area contributed by atoms with E-state index in [1.807, 2.05) is 42.8 Å². The van der Waals surface area contributed by atoms with E-state index in [0.717, 1.165) is 22.5 Å². The van der Waals surface area contributed by atoms with E-state index in [-0.39, 0.29) is 25.0 Å². The highest BCUT2D eigenvalue weighted by Crippen LogP contribution is 2.22. The third-order valence-electron chi connectivity index (χ3n) is 5.16. The molecule has 0 radical (unpaired) electrons. The van der Waals surface area contributed by atoms with Crippen LogP contribution >= 0.6 is 11.6 Å². The summed E-state index contributed by atoms with van der Waals surface area (Å²) in [6.45, 7) is 3.92. The number of carbonyl (C=O) groups is 2. The number of amides is 2. The van der Waals surface area contributed by atoms with E-state index in [0.29, 0.717) is 22.0 Å². The summed E-state index contributed by atoms with van der Waals surface area (Å²) in [4.78, 5) is 29.3. The fourth-order valence-electron chi connectivity index (χ4n) is 3.36. The van der Waals surface area contributed by atoms with E-state index in [1.54, 1.807) is 42.5 Å². The van der Waals surface area contributed by atoms with Crippen LogP contribution in [0.3, 0.4) is 0 Å². The minimum atomic E-state index is -0.373. The Balaban J connectivity index is 1.33. The lowest BCUT2D eigenvalue weighted by molar-refractivity contribution is -0.115. The number of rotatable bonds is 7. The lowest BCUT2D eigenvalue weighted by Gasteiger charge is -2.11. The number of imidazole rings is 1. The fourth-order valence-corrected chi connectivity index (χ4v) is 3.53. The number of ether oxygens (including phenoxy) is 1. The second-order valence-electron chi connectivity index (χ2n) is 7.61. The molecule has 2 aromatic carbocycles. The first kappa shape index (κ1) is 22.4. The predicted molar refractivity (Wildman–Crippen MR) is 128 cm³/mol. The molecular weight excluding hydrogens is 440 g/mol. The van der Waals surface area contributed by atoms with E-state index in [4.69, 9.17) is 16.3 Å². The molecular formula is C25H23ClN4O3. The Morgan fingerprint density at radius 3 is 2.73 bits per heavy atom. The number of aryl methyl sites for hydroxylation is 1. The summed E-state index contributed by atoms with van der Waals surface area (Å²) in [7, 11) is 0. The van der Waals surface area contributed by atoms with Gasteiger partial charge in [0.2, 0.25) is 5.91 Å². The van der Waals surface area contributed by atoms with Gasteiger partial charge in [-0.1, -0.05) is 29.8 Å². The molecule has 8 heteroatoms. The number of anilines is 1. The second kappa shape index (κ2) is 9.75. The highest BCUT2D eigenvalue weighted by atomic mass is 35.5. The van der Waals surface area contributed by atoms with Crippen LogP contribution in [-0.2, 0) is 11.4 Å². The Hall–Kier alpha value is -3.84. The third kappa shape index (κ3) is 5.32. The number of nitrogens with one attached hydrogen (secondary N) is 2. The molecule has 0 aliphatic carbocycles. The molecule has 0 bridgehead atoms. The molecule has 0 aliphatic heterocycles. The molecule has 0 atom stereocenters. The molecule has 2 heterocycles. The minimum absolute atomic E-state index is 0.170. The van der Waals surface area contributed by atoms with Gasteiger partial charge < -0.3 is 19.8 Å². The molecule has 2 amide bonds. The van der Waals surface area contributed by atoms with Gasteiger partial charge in [0.1, 0.15) is 18.0 Å². The lowest BCUT2D eigenvalue weighted by atomic mass is 10.2. The van der Waals surface area contributed by atoms with Gasteiger partial charge in [-0.3, -0.25) is 9.59 Å². The number of nitrogens with zero attached hydrogens (tertiary/aromatic N) is 2. The highest BCUT2D eigenvalue weighted by molar-refractivity contribution is 6.31. The number of aromatic nitrogens is 2. The summed E-state index contributed by atoms with van der Waals surface area (Å²) >= 11 is 6.07. The zero-order valence-electron chi connectivity index (χ0n) is 18.3. The smallest absolute Gasteiger partial charge is 0.251 e. The number of halogens is 1. The van der Waals surface area contributed by atoms with Crippen LogP contribution in [0.4, 0.5) is 5.69 Å². The first-order valence-corrected chi connectivity index (χ1v) is 10.8. The average Bonchev–Trinajstić information content (AvgIpc) is 3.24. The van der Waals surface area contributed by atoms with Crippen LogP contribution in [0.25, 0.3) is 5.65 Å². The summed E-state index contributed by atoms with van der Waals surface area (Å²) in [5.41, 5.74) is 4.52. The summed E-state index contributed by atoms with van der Waals surface area (Å²) in [5.74, 6) is -0.180. The zero-order chi connectivity index (χ0) is 23.4. The van der Waals surface area contributed by atoms with Gasteiger partial charge in [0.25, 0.3) is 5.91 Å². The van der Waals surface area contributed by atoms with Crippen LogP contribution < -0.4 is 15.4 Å². The van der Waals surface area contributed by atoms with Crippen molar-refractivity contribution < 1.29 is 14.3 Å². The molecule has 0 fully saturated rings. The van der Waals surface area contributed by atoms with E-state index in [2.05, 4.69) is 15.6 Å². The van der Waals surface area contributed by atoms with Gasteiger partial charge in [-0.2, -0.15) is 0 Å². The zero-order valence-corrected chi connectivity index (χ0v) is 19.0. The summed E-state index contributed by atoms with van der Waals surface area (Å²) < 4.78 is 7.79. The van der Waals surface area contributed by atoms with E-state index in [9.17, 15) is 9.59 Å². The van der Waals surface area contributed by atoms with Gasteiger partial charge in [-0.25, -0.2) is 4.98 Å². The number of hydrogen-bond acceptors (Lipinski definition) is 4. The van der Waals surface area contributed by atoms with Crippen molar-refractivity contribution in [3.8, 4) is 5.75 Å². The molecule has 4 aromatic rings.